The molecular weight excluding hydrogens is 354 g/mol. The molecule has 4 rings (SSSR count). The largest absolute Gasteiger partial charge is 0.256 e. The van der Waals surface area contributed by atoms with Crippen LogP contribution in [0.4, 0.5) is 0 Å². The molecule has 0 aliphatic heterocycles. The van der Waals surface area contributed by atoms with Crippen molar-refractivity contribution in [2.24, 2.45) is 0 Å². The van der Waals surface area contributed by atoms with Crippen molar-refractivity contribution < 1.29 is 0 Å². The Labute approximate surface area is 168 Å². The number of hydrogen-bond donors (Lipinski definition) is 0. The van der Waals surface area contributed by atoms with Crippen LogP contribution in [0, 0.1) is 0 Å². The van der Waals surface area contributed by atoms with E-state index in [1.807, 2.05) is 0 Å². The van der Waals surface area contributed by atoms with E-state index >= 15 is 0 Å². The van der Waals surface area contributed by atoms with Gasteiger partial charge in [-0.05, 0) is 33.5 Å². The molecule has 0 aliphatic carbocycles. The van der Waals surface area contributed by atoms with E-state index in [1.54, 1.807) is 0 Å². The first-order valence-electron chi connectivity index (χ1n) is 9.75. The summed E-state index contributed by atoms with van der Waals surface area (Å²) in [7, 11) is -1.52. The molecular formula is C26H25NSi. The summed E-state index contributed by atoms with van der Waals surface area (Å²) in [4.78, 5) is 4.92. The minimum atomic E-state index is -1.52. The summed E-state index contributed by atoms with van der Waals surface area (Å²) in [6.07, 6.45) is 2.12. The van der Waals surface area contributed by atoms with Crippen molar-refractivity contribution in [3.63, 3.8) is 0 Å². The third-order valence-corrected chi connectivity index (χ3v) is 7.10. The van der Waals surface area contributed by atoms with Gasteiger partial charge in [-0.25, -0.2) is 0 Å². The van der Waals surface area contributed by atoms with Crippen molar-refractivity contribution in [2.75, 3.05) is 0 Å². The predicted octanol–water partition coefficient (Wildman–Crippen LogP) is 6.63. The molecule has 4 aromatic rings. The number of nitrogens with zero attached hydrogens (tertiary/aromatic N) is 1. The fourth-order valence-corrected chi connectivity index (χ4v) is 5.11. The first kappa shape index (κ1) is 18.4. The predicted molar refractivity (Wildman–Crippen MR) is 124 cm³/mol. The van der Waals surface area contributed by atoms with Gasteiger partial charge in [0.05, 0.1) is 13.8 Å². The normalized spacial score (nSPS) is 11.4. The quantitative estimate of drug-likeness (QED) is 0.363. The molecule has 0 radical (unpaired) electrons. The van der Waals surface area contributed by atoms with E-state index in [0.29, 0.717) is 0 Å². The molecule has 138 valence electrons. The highest BCUT2D eigenvalue weighted by molar-refractivity contribution is 6.89. The molecule has 0 unspecified atom stereocenters. The molecule has 1 nitrogen and oxygen atoms in total. The topological polar surface area (TPSA) is 12.9 Å². The first-order chi connectivity index (χ1) is 13.5. The molecule has 0 spiro atoms. The molecule has 3 aromatic carbocycles. The van der Waals surface area contributed by atoms with Crippen LogP contribution in [0.2, 0.25) is 19.6 Å². The van der Waals surface area contributed by atoms with Crippen molar-refractivity contribution in [1.82, 2.24) is 4.98 Å². The Hall–Kier alpha value is -2.97. The van der Waals surface area contributed by atoms with E-state index in [-0.39, 0.29) is 0 Å². The van der Waals surface area contributed by atoms with Gasteiger partial charge in [-0.3, -0.25) is 4.98 Å². The molecule has 2 heteroatoms. The van der Waals surface area contributed by atoms with Gasteiger partial charge in [-0.2, -0.15) is 0 Å². The maximum atomic E-state index is 4.92. The Morgan fingerprint density at radius 2 is 1.07 bits per heavy atom. The highest BCUT2D eigenvalue weighted by Gasteiger charge is 2.22. The standard InChI is InChI=1S/C26H25NSi/c1-28(2,3)26-19-27-25(18-24(26)21-14-8-5-9-15-21)23-17-11-10-16-22(23)20-12-6-4-7-13-20/h4-19H,1-3H3. The van der Waals surface area contributed by atoms with Crippen LogP contribution in [-0.4, -0.2) is 13.1 Å². The second-order valence-electron chi connectivity index (χ2n) is 8.14. The molecule has 0 atom stereocenters. The number of benzene rings is 3. The van der Waals surface area contributed by atoms with Gasteiger partial charge in [-0.15, -0.1) is 0 Å². The Morgan fingerprint density at radius 1 is 0.571 bits per heavy atom. The smallest absolute Gasteiger partial charge is 0.0804 e. The van der Waals surface area contributed by atoms with E-state index in [2.05, 4.69) is 117 Å². The zero-order valence-corrected chi connectivity index (χ0v) is 17.7. The summed E-state index contributed by atoms with van der Waals surface area (Å²) in [5.74, 6) is 0. The minimum Gasteiger partial charge on any atom is -0.256 e. The summed E-state index contributed by atoms with van der Waals surface area (Å²) in [5.41, 5.74) is 7.22. The lowest BCUT2D eigenvalue weighted by molar-refractivity contribution is 1.34. The Bertz CT molecular complexity index is 1080. The maximum Gasteiger partial charge on any atom is 0.0804 e. The van der Waals surface area contributed by atoms with Crippen molar-refractivity contribution in [3.05, 3.63) is 97.2 Å². The van der Waals surface area contributed by atoms with Crippen molar-refractivity contribution in [3.8, 4) is 33.5 Å². The molecule has 0 aliphatic rings. The summed E-state index contributed by atoms with van der Waals surface area (Å²) < 4.78 is 0. The van der Waals surface area contributed by atoms with Crippen molar-refractivity contribution in [1.29, 1.82) is 0 Å². The zero-order chi connectivity index (χ0) is 19.6. The molecule has 0 N–H and O–H groups in total. The van der Waals surface area contributed by atoms with E-state index in [1.165, 1.54) is 33.0 Å². The van der Waals surface area contributed by atoms with Gasteiger partial charge in [0.15, 0.2) is 0 Å². The fraction of sp³-hybridized carbons (Fsp3) is 0.115. The number of pyridine rings is 1. The van der Waals surface area contributed by atoms with Gasteiger partial charge in [0.1, 0.15) is 0 Å². The average Bonchev–Trinajstić information content (AvgIpc) is 2.74. The third kappa shape index (κ3) is 3.69. The molecule has 0 bridgehead atoms. The summed E-state index contributed by atoms with van der Waals surface area (Å²) >= 11 is 0. The van der Waals surface area contributed by atoms with Crippen LogP contribution in [0.15, 0.2) is 97.2 Å². The van der Waals surface area contributed by atoms with E-state index in [9.17, 15) is 0 Å². The zero-order valence-electron chi connectivity index (χ0n) is 16.7. The first-order valence-corrected chi connectivity index (χ1v) is 13.2. The highest BCUT2D eigenvalue weighted by Crippen LogP contribution is 2.32. The second-order valence-corrected chi connectivity index (χ2v) is 13.2. The van der Waals surface area contributed by atoms with Gasteiger partial charge in [0.25, 0.3) is 0 Å². The highest BCUT2D eigenvalue weighted by atomic mass is 28.3. The van der Waals surface area contributed by atoms with Crippen LogP contribution in [-0.2, 0) is 0 Å². The molecule has 0 saturated heterocycles. The van der Waals surface area contributed by atoms with E-state index < -0.39 is 8.07 Å². The second kappa shape index (κ2) is 7.57. The summed E-state index contributed by atoms with van der Waals surface area (Å²) in [6, 6.07) is 32.1. The van der Waals surface area contributed by atoms with Crippen LogP contribution in [0.1, 0.15) is 0 Å². The molecule has 28 heavy (non-hydrogen) atoms. The Balaban J connectivity index is 1.92. The molecule has 1 aromatic heterocycles. The van der Waals surface area contributed by atoms with Crippen LogP contribution >= 0.6 is 0 Å². The minimum absolute atomic E-state index is 1.03. The number of rotatable bonds is 4. The van der Waals surface area contributed by atoms with Crippen LogP contribution in [0.3, 0.4) is 0 Å². The SMILES string of the molecule is C[Si](C)(C)c1cnc(-c2ccccc2-c2ccccc2)cc1-c1ccccc1. The van der Waals surface area contributed by atoms with Gasteiger partial charge in [0.2, 0.25) is 0 Å². The maximum absolute atomic E-state index is 4.92. The summed E-state index contributed by atoms with van der Waals surface area (Å²) in [5, 5.41) is 1.40. The van der Waals surface area contributed by atoms with Gasteiger partial charge < -0.3 is 0 Å². The third-order valence-electron chi connectivity index (χ3n) is 5.08. The fourth-order valence-electron chi connectivity index (χ4n) is 3.63. The summed E-state index contributed by atoms with van der Waals surface area (Å²) in [6.45, 7) is 7.15. The number of hydrogen-bond acceptors (Lipinski definition) is 1. The monoisotopic (exact) mass is 379 g/mol. The Kier molecular flexibility index (Phi) is 4.97. The Morgan fingerprint density at radius 3 is 1.64 bits per heavy atom. The number of aromatic nitrogens is 1. The van der Waals surface area contributed by atoms with Crippen molar-refractivity contribution in [2.45, 2.75) is 19.6 Å². The molecule has 0 amide bonds. The van der Waals surface area contributed by atoms with Crippen LogP contribution in [0.5, 0.6) is 0 Å². The van der Waals surface area contributed by atoms with E-state index in [4.69, 9.17) is 4.98 Å². The lowest BCUT2D eigenvalue weighted by Crippen LogP contribution is -2.39. The van der Waals surface area contributed by atoms with Gasteiger partial charge >= 0.3 is 0 Å². The lowest BCUT2D eigenvalue weighted by atomic mass is 9.96. The van der Waals surface area contributed by atoms with Crippen LogP contribution in [0.25, 0.3) is 33.5 Å². The lowest BCUT2D eigenvalue weighted by Gasteiger charge is -2.22. The molecule has 1 heterocycles. The van der Waals surface area contributed by atoms with Gasteiger partial charge in [-0.1, -0.05) is 105 Å². The van der Waals surface area contributed by atoms with Crippen molar-refractivity contribution >= 4 is 13.3 Å². The van der Waals surface area contributed by atoms with Crippen LogP contribution < -0.4 is 5.19 Å². The van der Waals surface area contributed by atoms with E-state index in [0.717, 1.165) is 5.69 Å². The average molecular weight is 380 g/mol. The molecule has 0 saturated carbocycles. The molecule has 0 fully saturated rings. The van der Waals surface area contributed by atoms with Gasteiger partial charge in [0, 0.05) is 11.8 Å².